The van der Waals surface area contributed by atoms with E-state index in [0.29, 0.717) is 17.0 Å². The fraction of sp³-hybridized carbons (Fsp3) is 0.143. The van der Waals surface area contributed by atoms with Crippen molar-refractivity contribution < 1.29 is 4.79 Å². The van der Waals surface area contributed by atoms with Crippen LogP contribution in [0.2, 0.25) is 0 Å². The molecule has 0 aliphatic carbocycles. The molecule has 26 heavy (non-hydrogen) atoms. The molecule has 0 saturated carbocycles. The molecule has 5 nitrogen and oxygen atoms in total. The van der Waals surface area contributed by atoms with Gasteiger partial charge in [0.1, 0.15) is 0 Å². The number of nitrogen functional groups attached to an aromatic ring is 1. The van der Waals surface area contributed by atoms with Crippen molar-refractivity contribution in [2.24, 2.45) is 5.10 Å². The zero-order chi connectivity index (χ0) is 18.7. The standard InChI is InChI=1S/C21H22N4O/c1-14-4-5-15(2)25(14)20-12-8-18(9-13-20)21(26)24-23-16(3)17-6-10-19(22)11-7-17/h4-13H,22H2,1-3H3,(H,24,26)/b23-16-. The van der Waals surface area contributed by atoms with Crippen molar-refractivity contribution in [3.63, 3.8) is 0 Å². The van der Waals surface area contributed by atoms with Gasteiger partial charge in [0.25, 0.3) is 5.91 Å². The maximum absolute atomic E-state index is 12.3. The number of benzene rings is 2. The smallest absolute Gasteiger partial charge is 0.271 e. The summed E-state index contributed by atoms with van der Waals surface area (Å²) >= 11 is 0. The highest BCUT2D eigenvalue weighted by atomic mass is 16.2. The summed E-state index contributed by atoms with van der Waals surface area (Å²) in [6, 6.07) is 19.0. The topological polar surface area (TPSA) is 72.4 Å². The van der Waals surface area contributed by atoms with Crippen LogP contribution >= 0.6 is 0 Å². The third kappa shape index (κ3) is 3.67. The predicted molar refractivity (Wildman–Crippen MR) is 106 cm³/mol. The highest BCUT2D eigenvalue weighted by Crippen LogP contribution is 2.17. The molecule has 0 bridgehead atoms. The van der Waals surface area contributed by atoms with Crippen molar-refractivity contribution in [1.29, 1.82) is 0 Å². The summed E-state index contributed by atoms with van der Waals surface area (Å²) in [6.07, 6.45) is 0. The molecule has 2 aromatic carbocycles. The molecule has 1 heterocycles. The first-order valence-electron chi connectivity index (χ1n) is 8.41. The van der Waals surface area contributed by atoms with Crippen LogP contribution in [0.4, 0.5) is 5.69 Å². The lowest BCUT2D eigenvalue weighted by molar-refractivity contribution is 0.0955. The van der Waals surface area contributed by atoms with Crippen LogP contribution in [-0.4, -0.2) is 16.2 Å². The number of hydrogen-bond acceptors (Lipinski definition) is 3. The molecule has 132 valence electrons. The molecular formula is C21H22N4O. The first-order valence-corrected chi connectivity index (χ1v) is 8.41. The number of aryl methyl sites for hydroxylation is 2. The van der Waals surface area contributed by atoms with Crippen molar-refractivity contribution >= 4 is 17.3 Å². The van der Waals surface area contributed by atoms with E-state index in [1.54, 1.807) is 24.3 Å². The van der Waals surface area contributed by atoms with Crippen LogP contribution in [0.3, 0.4) is 0 Å². The van der Waals surface area contributed by atoms with Crippen molar-refractivity contribution in [3.8, 4) is 5.69 Å². The molecule has 1 aromatic heterocycles. The first kappa shape index (κ1) is 17.5. The molecule has 1 amide bonds. The Kier molecular flexibility index (Phi) is 4.89. The van der Waals surface area contributed by atoms with Crippen molar-refractivity contribution in [2.45, 2.75) is 20.8 Å². The van der Waals surface area contributed by atoms with Gasteiger partial charge in [0.2, 0.25) is 0 Å². The number of anilines is 1. The second-order valence-electron chi connectivity index (χ2n) is 6.26. The molecule has 0 atom stereocenters. The van der Waals surface area contributed by atoms with Gasteiger partial charge in [-0.1, -0.05) is 12.1 Å². The number of nitrogens with one attached hydrogen (secondary N) is 1. The summed E-state index contributed by atoms with van der Waals surface area (Å²) in [4.78, 5) is 12.3. The minimum absolute atomic E-state index is 0.243. The number of hydrogen-bond donors (Lipinski definition) is 2. The van der Waals surface area contributed by atoms with E-state index in [2.05, 4.69) is 41.1 Å². The Bertz CT molecular complexity index is 931. The summed E-state index contributed by atoms with van der Waals surface area (Å²) in [7, 11) is 0. The fourth-order valence-corrected chi connectivity index (χ4v) is 2.83. The quantitative estimate of drug-likeness (QED) is 0.428. The van der Waals surface area contributed by atoms with Crippen molar-refractivity contribution in [1.82, 2.24) is 9.99 Å². The predicted octanol–water partition coefficient (Wildman–Crippen LogP) is 3.83. The van der Waals surface area contributed by atoms with Crippen LogP contribution in [0.5, 0.6) is 0 Å². The van der Waals surface area contributed by atoms with E-state index in [-0.39, 0.29) is 5.91 Å². The average molecular weight is 346 g/mol. The van der Waals surface area contributed by atoms with Gasteiger partial charge in [-0.3, -0.25) is 4.79 Å². The van der Waals surface area contributed by atoms with Gasteiger partial charge >= 0.3 is 0 Å². The number of amides is 1. The monoisotopic (exact) mass is 346 g/mol. The Morgan fingerprint density at radius 2 is 1.42 bits per heavy atom. The summed E-state index contributed by atoms with van der Waals surface area (Å²) in [5.74, 6) is -0.243. The van der Waals surface area contributed by atoms with Gasteiger partial charge < -0.3 is 10.3 Å². The average Bonchev–Trinajstić information content (AvgIpc) is 2.98. The van der Waals surface area contributed by atoms with E-state index >= 15 is 0 Å². The van der Waals surface area contributed by atoms with Gasteiger partial charge in [-0.25, -0.2) is 5.43 Å². The van der Waals surface area contributed by atoms with Gasteiger partial charge in [-0.15, -0.1) is 0 Å². The maximum Gasteiger partial charge on any atom is 0.271 e. The van der Waals surface area contributed by atoms with Gasteiger partial charge in [-0.05, 0) is 74.9 Å². The molecule has 0 aliphatic rings. The fourth-order valence-electron chi connectivity index (χ4n) is 2.83. The Morgan fingerprint density at radius 1 is 0.885 bits per heavy atom. The third-order valence-electron chi connectivity index (χ3n) is 4.31. The highest BCUT2D eigenvalue weighted by molar-refractivity contribution is 6.01. The Hall–Kier alpha value is -3.34. The molecule has 0 fully saturated rings. The lowest BCUT2D eigenvalue weighted by Crippen LogP contribution is -2.19. The zero-order valence-corrected chi connectivity index (χ0v) is 15.2. The minimum atomic E-state index is -0.243. The van der Waals surface area contributed by atoms with Crippen LogP contribution < -0.4 is 11.2 Å². The van der Waals surface area contributed by atoms with Crippen molar-refractivity contribution in [3.05, 3.63) is 83.2 Å². The summed E-state index contributed by atoms with van der Waals surface area (Å²) in [6.45, 7) is 5.96. The normalized spacial score (nSPS) is 11.4. The van der Waals surface area contributed by atoms with Crippen molar-refractivity contribution in [2.75, 3.05) is 5.73 Å². The van der Waals surface area contributed by atoms with Gasteiger partial charge in [0.15, 0.2) is 0 Å². The van der Waals surface area contributed by atoms with Crippen LogP contribution in [-0.2, 0) is 0 Å². The van der Waals surface area contributed by atoms with Crippen LogP contribution in [0.1, 0.15) is 34.2 Å². The molecule has 3 aromatic rings. The van der Waals surface area contributed by atoms with E-state index in [9.17, 15) is 4.79 Å². The SMILES string of the molecule is C/C(=N/NC(=O)c1ccc(-n2c(C)ccc2C)cc1)c1ccc(N)cc1. The zero-order valence-electron chi connectivity index (χ0n) is 15.2. The largest absolute Gasteiger partial charge is 0.399 e. The maximum atomic E-state index is 12.3. The van der Waals surface area contributed by atoms with E-state index in [4.69, 9.17) is 5.73 Å². The Morgan fingerprint density at radius 3 is 2.00 bits per heavy atom. The Balaban J connectivity index is 1.72. The van der Waals surface area contributed by atoms with E-state index in [1.165, 1.54) is 0 Å². The number of carbonyl (C=O) groups is 1. The number of nitrogens with two attached hydrogens (primary N) is 1. The van der Waals surface area contributed by atoms with E-state index in [0.717, 1.165) is 22.6 Å². The van der Waals surface area contributed by atoms with E-state index < -0.39 is 0 Å². The number of carbonyl (C=O) groups excluding carboxylic acids is 1. The molecule has 0 unspecified atom stereocenters. The number of hydrazone groups is 1. The van der Waals surface area contributed by atoms with Gasteiger partial charge in [0, 0.05) is 28.3 Å². The van der Waals surface area contributed by atoms with E-state index in [1.807, 2.05) is 31.2 Å². The van der Waals surface area contributed by atoms with Crippen LogP contribution in [0.15, 0.2) is 65.8 Å². The highest BCUT2D eigenvalue weighted by Gasteiger charge is 2.08. The first-order chi connectivity index (χ1) is 12.5. The number of aromatic nitrogens is 1. The molecule has 5 heteroatoms. The lowest BCUT2D eigenvalue weighted by Gasteiger charge is -2.10. The minimum Gasteiger partial charge on any atom is -0.399 e. The molecule has 3 rings (SSSR count). The summed E-state index contributed by atoms with van der Waals surface area (Å²) in [5.41, 5.74) is 14.5. The number of nitrogens with zero attached hydrogens (tertiary/aromatic N) is 2. The Labute approximate surface area is 153 Å². The lowest BCUT2D eigenvalue weighted by atomic mass is 10.1. The summed E-state index contributed by atoms with van der Waals surface area (Å²) < 4.78 is 2.14. The van der Waals surface area contributed by atoms with Gasteiger partial charge in [0.05, 0.1) is 5.71 Å². The van der Waals surface area contributed by atoms with Crippen LogP contribution in [0.25, 0.3) is 5.69 Å². The summed E-state index contributed by atoms with van der Waals surface area (Å²) in [5, 5.41) is 4.17. The second kappa shape index (κ2) is 7.27. The molecule has 0 radical (unpaired) electrons. The van der Waals surface area contributed by atoms with Gasteiger partial charge in [-0.2, -0.15) is 5.10 Å². The molecule has 0 aliphatic heterocycles. The molecule has 0 spiro atoms. The number of rotatable bonds is 4. The van der Waals surface area contributed by atoms with Crippen LogP contribution in [0, 0.1) is 13.8 Å². The molecule has 3 N–H and O–H groups in total. The second-order valence-corrected chi connectivity index (χ2v) is 6.26. The third-order valence-corrected chi connectivity index (χ3v) is 4.31. The molecular weight excluding hydrogens is 324 g/mol. The molecule has 0 saturated heterocycles.